The molecular weight excluding hydrogens is 591 g/mol. The first kappa shape index (κ1) is 26.4. The van der Waals surface area contributed by atoms with Crippen LogP contribution in [0.2, 0.25) is 13.1 Å². The molecule has 3 aromatic heterocycles. The van der Waals surface area contributed by atoms with Crippen LogP contribution in [-0.2, 0) is 0 Å². The van der Waals surface area contributed by atoms with Crippen molar-refractivity contribution in [2.24, 2.45) is 0 Å². The number of aromatic nitrogens is 3. The van der Waals surface area contributed by atoms with Gasteiger partial charge in [-0.3, -0.25) is 0 Å². The zero-order valence-electron chi connectivity index (χ0n) is 26.0. The minimum Gasteiger partial charge on any atom is -0.456 e. The number of nitrogens with zero attached hydrogens (tertiary/aromatic N) is 3. The molecule has 0 saturated carbocycles. The van der Waals surface area contributed by atoms with E-state index in [-0.39, 0.29) is 0 Å². The van der Waals surface area contributed by atoms with Crippen LogP contribution in [0.1, 0.15) is 0 Å². The van der Waals surface area contributed by atoms with E-state index >= 15 is 0 Å². The average Bonchev–Trinajstić information content (AvgIpc) is 3.72. The molecule has 0 aliphatic carbocycles. The van der Waals surface area contributed by atoms with Crippen LogP contribution in [0.3, 0.4) is 0 Å². The van der Waals surface area contributed by atoms with Gasteiger partial charge in [-0.2, -0.15) is 0 Å². The summed E-state index contributed by atoms with van der Waals surface area (Å²) < 4.78 is 8.82. The van der Waals surface area contributed by atoms with E-state index in [4.69, 9.17) is 14.4 Å². The molecule has 0 fully saturated rings. The van der Waals surface area contributed by atoms with E-state index in [9.17, 15) is 0 Å². The Kier molecular flexibility index (Phi) is 5.41. The predicted octanol–water partition coefficient (Wildman–Crippen LogP) is 9.61. The SMILES string of the molecule is C[Si]1(C)c2ccccc2-c2nc(-c3ccccc3)nc(-c3ccccc3-n3c4ccccc4c4cc5c(cc43)oc3ccccc35)c21. The van der Waals surface area contributed by atoms with Crippen molar-refractivity contribution in [1.29, 1.82) is 0 Å². The Morgan fingerprint density at radius 3 is 2.04 bits per heavy atom. The number of hydrogen-bond acceptors (Lipinski definition) is 3. The Balaban J connectivity index is 1.31. The number of hydrogen-bond donors (Lipinski definition) is 0. The van der Waals surface area contributed by atoms with Crippen LogP contribution >= 0.6 is 0 Å². The lowest BCUT2D eigenvalue weighted by Gasteiger charge is -2.23. The van der Waals surface area contributed by atoms with Crippen molar-refractivity contribution in [3.8, 4) is 39.6 Å². The van der Waals surface area contributed by atoms with Gasteiger partial charge in [-0.25, -0.2) is 9.97 Å². The van der Waals surface area contributed by atoms with E-state index in [0.29, 0.717) is 0 Å². The maximum absolute atomic E-state index is 6.42. The van der Waals surface area contributed by atoms with Gasteiger partial charge < -0.3 is 8.98 Å². The van der Waals surface area contributed by atoms with Gasteiger partial charge in [0.2, 0.25) is 0 Å². The molecule has 9 aromatic rings. The molecule has 0 atom stereocenters. The van der Waals surface area contributed by atoms with Crippen molar-refractivity contribution in [3.63, 3.8) is 0 Å². The van der Waals surface area contributed by atoms with E-state index in [1.165, 1.54) is 26.7 Å². The van der Waals surface area contributed by atoms with Crippen molar-refractivity contribution in [2.75, 3.05) is 0 Å². The Morgan fingerprint density at radius 2 is 1.19 bits per heavy atom. The molecule has 10 rings (SSSR count). The lowest BCUT2D eigenvalue weighted by molar-refractivity contribution is 0.669. The summed E-state index contributed by atoms with van der Waals surface area (Å²) >= 11 is 0. The highest BCUT2D eigenvalue weighted by molar-refractivity contribution is 7.04. The van der Waals surface area contributed by atoms with Crippen LogP contribution < -0.4 is 10.4 Å². The molecule has 222 valence electrons. The van der Waals surface area contributed by atoms with Gasteiger partial charge in [0.15, 0.2) is 5.82 Å². The van der Waals surface area contributed by atoms with Crippen molar-refractivity contribution < 1.29 is 4.42 Å². The van der Waals surface area contributed by atoms with Gasteiger partial charge >= 0.3 is 0 Å². The average molecular weight is 620 g/mol. The molecule has 0 amide bonds. The summed E-state index contributed by atoms with van der Waals surface area (Å²) in [7, 11) is -2.15. The Morgan fingerprint density at radius 1 is 0.532 bits per heavy atom. The van der Waals surface area contributed by atoms with Crippen LogP contribution in [-0.4, -0.2) is 22.6 Å². The van der Waals surface area contributed by atoms with Crippen LogP contribution in [0.15, 0.2) is 144 Å². The van der Waals surface area contributed by atoms with E-state index in [0.717, 1.165) is 67.0 Å². The van der Waals surface area contributed by atoms with Gasteiger partial charge in [-0.1, -0.05) is 122 Å². The van der Waals surface area contributed by atoms with Crippen LogP contribution in [0, 0.1) is 0 Å². The summed E-state index contributed by atoms with van der Waals surface area (Å²) in [5.41, 5.74) is 10.6. The molecule has 0 saturated heterocycles. The minimum absolute atomic E-state index is 0.752. The second-order valence-corrected chi connectivity index (χ2v) is 17.3. The molecule has 1 aliphatic rings. The summed E-state index contributed by atoms with van der Waals surface area (Å²) in [5.74, 6) is 0.752. The van der Waals surface area contributed by atoms with Crippen molar-refractivity contribution in [1.82, 2.24) is 14.5 Å². The van der Waals surface area contributed by atoms with Crippen LogP contribution in [0.25, 0.3) is 83.3 Å². The quantitative estimate of drug-likeness (QED) is 0.185. The van der Waals surface area contributed by atoms with E-state index in [1.54, 1.807) is 0 Å². The van der Waals surface area contributed by atoms with Gasteiger partial charge in [0.25, 0.3) is 0 Å². The predicted molar refractivity (Wildman–Crippen MR) is 197 cm³/mol. The summed E-state index contributed by atoms with van der Waals surface area (Å²) in [6.45, 7) is 4.88. The van der Waals surface area contributed by atoms with Crippen molar-refractivity contribution >= 4 is 62.2 Å². The summed E-state index contributed by atoms with van der Waals surface area (Å²) in [5, 5.41) is 7.40. The zero-order valence-corrected chi connectivity index (χ0v) is 27.0. The van der Waals surface area contributed by atoms with Gasteiger partial charge in [-0.05, 0) is 40.2 Å². The van der Waals surface area contributed by atoms with E-state index in [1.807, 2.05) is 18.2 Å². The first-order valence-electron chi connectivity index (χ1n) is 16.1. The first-order chi connectivity index (χ1) is 23.1. The first-order valence-corrected chi connectivity index (χ1v) is 19.1. The number of para-hydroxylation sites is 3. The smallest absolute Gasteiger partial charge is 0.160 e. The number of furan rings is 1. The third-order valence-electron chi connectivity index (χ3n) is 9.99. The topological polar surface area (TPSA) is 43.9 Å². The minimum atomic E-state index is -2.15. The molecule has 0 spiro atoms. The maximum Gasteiger partial charge on any atom is 0.160 e. The largest absolute Gasteiger partial charge is 0.456 e. The molecule has 0 N–H and O–H groups in total. The van der Waals surface area contributed by atoms with Crippen molar-refractivity contribution in [2.45, 2.75) is 13.1 Å². The van der Waals surface area contributed by atoms with E-state index in [2.05, 4.69) is 139 Å². The molecule has 4 heterocycles. The van der Waals surface area contributed by atoms with Gasteiger partial charge in [0, 0.05) is 38.7 Å². The van der Waals surface area contributed by atoms with Gasteiger partial charge in [0.1, 0.15) is 19.2 Å². The molecular formula is C42H29N3OSi. The summed E-state index contributed by atoms with van der Waals surface area (Å²) in [6, 6.07) is 49.5. The van der Waals surface area contributed by atoms with Crippen molar-refractivity contribution in [3.05, 3.63) is 140 Å². The molecule has 6 aromatic carbocycles. The maximum atomic E-state index is 6.42. The lowest BCUT2D eigenvalue weighted by atomic mass is 10.0. The molecule has 1 aliphatic heterocycles. The molecule has 4 nitrogen and oxygen atoms in total. The fourth-order valence-corrected chi connectivity index (χ4v) is 11.1. The Hall–Kier alpha value is -5.78. The number of benzene rings is 6. The van der Waals surface area contributed by atoms with Gasteiger partial charge in [0.05, 0.1) is 28.1 Å². The highest BCUT2D eigenvalue weighted by atomic mass is 28.3. The molecule has 5 heteroatoms. The summed E-state index contributed by atoms with van der Waals surface area (Å²) in [4.78, 5) is 10.8. The zero-order chi connectivity index (χ0) is 31.3. The molecule has 0 radical (unpaired) electrons. The molecule has 0 unspecified atom stereocenters. The monoisotopic (exact) mass is 619 g/mol. The second-order valence-electron chi connectivity index (χ2n) is 13.0. The Labute approximate surface area is 272 Å². The summed E-state index contributed by atoms with van der Waals surface area (Å²) in [6.07, 6.45) is 0. The lowest BCUT2D eigenvalue weighted by Crippen LogP contribution is -2.50. The fourth-order valence-electron chi connectivity index (χ4n) is 7.84. The molecule has 47 heavy (non-hydrogen) atoms. The molecule has 0 bridgehead atoms. The van der Waals surface area contributed by atoms with Crippen LogP contribution in [0.5, 0.6) is 0 Å². The van der Waals surface area contributed by atoms with Crippen LogP contribution in [0.4, 0.5) is 0 Å². The third-order valence-corrected chi connectivity index (χ3v) is 13.5. The number of fused-ring (bicyclic) bond motifs is 9. The fraction of sp³-hybridized carbons (Fsp3) is 0.0476. The second kappa shape index (κ2) is 9.61. The normalized spacial score (nSPS) is 13.5. The van der Waals surface area contributed by atoms with Gasteiger partial charge in [-0.15, -0.1) is 0 Å². The standard InChI is InChI=1S/C42H29N3OSi/c1-47(2)38-23-13-9-19-30(38)40-41(47)39(43-42(44-40)26-14-4-3-5-15-26)29-18-7-11-21-34(29)45-33-20-10-6-16-27(33)31-24-32-28-17-8-12-22-36(28)46-37(32)25-35(31)45/h3-25H,1-2H3. The number of rotatable bonds is 3. The Bertz CT molecular complexity index is 2720. The van der Waals surface area contributed by atoms with E-state index < -0.39 is 8.07 Å². The highest BCUT2D eigenvalue weighted by Crippen LogP contribution is 2.41. The third kappa shape index (κ3) is 3.69. The highest BCUT2D eigenvalue weighted by Gasteiger charge is 2.42.